The van der Waals surface area contributed by atoms with E-state index in [1.807, 2.05) is 0 Å². The molecule has 0 heterocycles. The van der Waals surface area contributed by atoms with Crippen LogP contribution in [0.5, 0.6) is 0 Å². The van der Waals surface area contributed by atoms with Crippen molar-refractivity contribution in [2.45, 2.75) is 25.7 Å². The van der Waals surface area contributed by atoms with Crippen molar-refractivity contribution in [3.8, 4) is 0 Å². The van der Waals surface area contributed by atoms with Gasteiger partial charge in [-0.1, -0.05) is 0 Å². The molecule has 0 radical (unpaired) electrons. The molecular formula is C15H17NO3. The van der Waals surface area contributed by atoms with E-state index in [1.165, 1.54) is 12.8 Å². The number of hydrogen-bond donors (Lipinski definition) is 1. The van der Waals surface area contributed by atoms with Crippen LogP contribution in [0.4, 0.5) is 5.69 Å². The fraction of sp³-hybridized carbons (Fsp3) is 0.467. The van der Waals surface area contributed by atoms with Gasteiger partial charge in [-0.05, 0) is 55.9 Å². The molecule has 2 saturated carbocycles. The van der Waals surface area contributed by atoms with Gasteiger partial charge >= 0.3 is 5.97 Å². The van der Waals surface area contributed by atoms with Crippen LogP contribution in [-0.4, -0.2) is 18.5 Å². The second-order valence-electron chi connectivity index (χ2n) is 5.38. The van der Waals surface area contributed by atoms with Crippen molar-refractivity contribution < 1.29 is 14.3 Å². The topological polar surface area (TPSA) is 55.4 Å². The summed E-state index contributed by atoms with van der Waals surface area (Å²) >= 11 is 0. The first-order valence-corrected chi connectivity index (χ1v) is 6.80. The van der Waals surface area contributed by atoms with Crippen molar-refractivity contribution in [3.63, 3.8) is 0 Å². The zero-order valence-electron chi connectivity index (χ0n) is 10.7. The molecule has 1 aromatic carbocycles. The molecule has 0 atom stereocenters. The first-order valence-electron chi connectivity index (χ1n) is 6.80. The molecular weight excluding hydrogens is 242 g/mol. The predicted molar refractivity (Wildman–Crippen MR) is 70.8 cm³/mol. The molecule has 0 aliphatic heterocycles. The zero-order valence-corrected chi connectivity index (χ0v) is 10.7. The zero-order chi connectivity index (χ0) is 13.2. The lowest BCUT2D eigenvalue weighted by molar-refractivity contribution is -0.117. The molecule has 100 valence electrons. The summed E-state index contributed by atoms with van der Waals surface area (Å²) in [6, 6.07) is 6.87. The number of carbonyl (C=O) groups is 2. The standard InChI is InChI=1S/C15H17NO3/c17-14(11-3-4-11)16-13-7-5-12(6-8-13)15(18)19-9-10-1-2-10/h5-8,10-11H,1-4,9H2,(H,16,17). The molecule has 1 N–H and O–H groups in total. The lowest BCUT2D eigenvalue weighted by Gasteiger charge is -2.06. The fourth-order valence-electron chi connectivity index (χ4n) is 1.84. The van der Waals surface area contributed by atoms with Gasteiger partial charge in [0.25, 0.3) is 0 Å². The van der Waals surface area contributed by atoms with Crippen LogP contribution in [0.25, 0.3) is 0 Å². The first-order chi connectivity index (χ1) is 9.22. The van der Waals surface area contributed by atoms with Crippen LogP contribution < -0.4 is 5.32 Å². The molecule has 0 bridgehead atoms. The number of ether oxygens (including phenoxy) is 1. The van der Waals surface area contributed by atoms with E-state index in [-0.39, 0.29) is 17.8 Å². The SMILES string of the molecule is O=C(OCC1CC1)c1ccc(NC(=O)C2CC2)cc1. The van der Waals surface area contributed by atoms with Crippen LogP contribution in [0.3, 0.4) is 0 Å². The van der Waals surface area contributed by atoms with Gasteiger partial charge in [0.1, 0.15) is 0 Å². The van der Waals surface area contributed by atoms with E-state index in [1.54, 1.807) is 24.3 Å². The summed E-state index contributed by atoms with van der Waals surface area (Å²) in [4.78, 5) is 23.3. The summed E-state index contributed by atoms with van der Waals surface area (Å²) in [5.41, 5.74) is 1.26. The summed E-state index contributed by atoms with van der Waals surface area (Å²) in [6.45, 7) is 0.527. The van der Waals surface area contributed by atoms with E-state index in [9.17, 15) is 9.59 Å². The van der Waals surface area contributed by atoms with E-state index in [0.717, 1.165) is 18.5 Å². The van der Waals surface area contributed by atoms with Crippen molar-refractivity contribution in [2.24, 2.45) is 11.8 Å². The summed E-state index contributed by atoms with van der Waals surface area (Å²) in [5.74, 6) is 0.542. The number of esters is 1. The number of nitrogens with one attached hydrogen (secondary N) is 1. The summed E-state index contributed by atoms with van der Waals surface area (Å²) in [7, 11) is 0. The van der Waals surface area contributed by atoms with Gasteiger partial charge in [-0.2, -0.15) is 0 Å². The van der Waals surface area contributed by atoms with Crippen molar-refractivity contribution >= 4 is 17.6 Å². The van der Waals surface area contributed by atoms with Crippen LogP contribution in [0.2, 0.25) is 0 Å². The monoisotopic (exact) mass is 259 g/mol. The summed E-state index contributed by atoms with van der Waals surface area (Å²) < 4.78 is 5.19. The normalized spacial score (nSPS) is 17.9. The molecule has 1 amide bonds. The molecule has 1 aromatic rings. The Balaban J connectivity index is 1.54. The maximum atomic E-state index is 11.7. The lowest BCUT2D eigenvalue weighted by atomic mass is 10.2. The molecule has 2 fully saturated rings. The van der Waals surface area contributed by atoms with E-state index >= 15 is 0 Å². The Morgan fingerprint density at radius 1 is 1.11 bits per heavy atom. The molecule has 3 rings (SSSR count). The molecule has 2 aliphatic rings. The second-order valence-corrected chi connectivity index (χ2v) is 5.38. The third-order valence-corrected chi connectivity index (χ3v) is 3.48. The molecule has 4 heteroatoms. The van der Waals surface area contributed by atoms with E-state index in [4.69, 9.17) is 4.74 Å². The third kappa shape index (κ3) is 3.34. The summed E-state index contributed by atoms with van der Waals surface area (Å²) in [5, 5.41) is 2.84. The minimum Gasteiger partial charge on any atom is -0.462 e. The Hall–Kier alpha value is -1.84. The van der Waals surface area contributed by atoms with Gasteiger partial charge in [-0.25, -0.2) is 4.79 Å². The molecule has 19 heavy (non-hydrogen) atoms. The van der Waals surface area contributed by atoms with E-state index in [2.05, 4.69) is 5.32 Å². The van der Waals surface area contributed by atoms with E-state index in [0.29, 0.717) is 18.1 Å². The maximum absolute atomic E-state index is 11.7. The van der Waals surface area contributed by atoms with Gasteiger partial charge < -0.3 is 10.1 Å². The molecule has 0 spiro atoms. The Morgan fingerprint density at radius 3 is 2.37 bits per heavy atom. The van der Waals surface area contributed by atoms with Gasteiger partial charge in [0.2, 0.25) is 5.91 Å². The number of benzene rings is 1. The molecule has 4 nitrogen and oxygen atoms in total. The highest BCUT2D eigenvalue weighted by molar-refractivity contribution is 5.95. The number of rotatable bonds is 5. The minimum absolute atomic E-state index is 0.0732. The average molecular weight is 259 g/mol. The van der Waals surface area contributed by atoms with Crippen LogP contribution in [-0.2, 0) is 9.53 Å². The fourth-order valence-corrected chi connectivity index (χ4v) is 1.84. The predicted octanol–water partition coefficient (Wildman–Crippen LogP) is 2.60. The van der Waals surface area contributed by atoms with Crippen molar-refractivity contribution in [1.29, 1.82) is 0 Å². The number of hydrogen-bond acceptors (Lipinski definition) is 3. The van der Waals surface area contributed by atoms with Crippen LogP contribution >= 0.6 is 0 Å². The first kappa shape index (κ1) is 12.2. The van der Waals surface area contributed by atoms with Crippen molar-refractivity contribution in [3.05, 3.63) is 29.8 Å². The van der Waals surface area contributed by atoms with Gasteiger partial charge in [-0.3, -0.25) is 4.79 Å². The smallest absolute Gasteiger partial charge is 0.338 e. The Morgan fingerprint density at radius 2 is 1.79 bits per heavy atom. The number of amides is 1. The Bertz CT molecular complexity index is 487. The van der Waals surface area contributed by atoms with E-state index < -0.39 is 0 Å². The Labute approximate surface area is 112 Å². The number of carbonyl (C=O) groups excluding carboxylic acids is 2. The average Bonchev–Trinajstić information content (AvgIpc) is 3.30. The lowest BCUT2D eigenvalue weighted by Crippen LogP contribution is -2.13. The quantitative estimate of drug-likeness (QED) is 0.827. The van der Waals surface area contributed by atoms with Crippen LogP contribution in [0, 0.1) is 11.8 Å². The van der Waals surface area contributed by atoms with Crippen molar-refractivity contribution in [2.75, 3.05) is 11.9 Å². The molecule has 0 unspecified atom stereocenters. The van der Waals surface area contributed by atoms with Crippen LogP contribution in [0.1, 0.15) is 36.0 Å². The van der Waals surface area contributed by atoms with Gasteiger partial charge in [0.15, 0.2) is 0 Å². The highest BCUT2D eigenvalue weighted by Crippen LogP contribution is 2.30. The number of anilines is 1. The van der Waals surface area contributed by atoms with Gasteiger partial charge in [-0.15, -0.1) is 0 Å². The highest BCUT2D eigenvalue weighted by atomic mass is 16.5. The summed E-state index contributed by atoms with van der Waals surface area (Å²) in [6.07, 6.45) is 4.30. The molecule has 0 aromatic heterocycles. The third-order valence-electron chi connectivity index (χ3n) is 3.48. The van der Waals surface area contributed by atoms with Crippen LogP contribution in [0.15, 0.2) is 24.3 Å². The largest absolute Gasteiger partial charge is 0.462 e. The second kappa shape index (κ2) is 5.03. The maximum Gasteiger partial charge on any atom is 0.338 e. The Kier molecular flexibility index (Phi) is 3.23. The highest BCUT2D eigenvalue weighted by Gasteiger charge is 2.29. The van der Waals surface area contributed by atoms with Crippen molar-refractivity contribution in [1.82, 2.24) is 0 Å². The minimum atomic E-state index is -0.285. The molecule has 0 saturated heterocycles. The van der Waals surface area contributed by atoms with Gasteiger partial charge in [0, 0.05) is 11.6 Å². The van der Waals surface area contributed by atoms with Gasteiger partial charge in [0.05, 0.1) is 12.2 Å². The molecule has 2 aliphatic carbocycles.